The fraction of sp³-hybridized carbons (Fsp3) is 0.629. The molecule has 46 heavy (non-hydrogen) atoms. The molecule has 11 heteroatoms. The van der Waals surface area contributed by atoms with E-state index < -0.39 is 44.4 Å². The first-order valence-electron chi connectivity index (χ1n) is 16.4. The Kier molecular flexibility index (Phi) is 11.7. The highest BCUT2D eigenvalue weighted by Crippen LogP contribution is 2.41. The number of benzene rings is 2. The van der Waals surface area contributed by atoms with Crippen molar-refractivity contribution in [1.29, 1.82) is 0 Å². The number of hydrogen-bond acceptors (Lipinski definition) is 9. The van der Waals surface area contributed by atoms with E-state index in [0.29, 0.717) is 26.2 Å². The van der Waals surface area contributed by atoms with Gasteiger partial charge >= 0.3 is 10.0 Å². The maximum Gasteiger partial charge on any atom is 0.433 e. The van der Waals surface area contributed by atoms with Crippen LogP contribution in [-0.4, -0.2) is 90.8 Å². The number of rotatable bonds is 11. The molecule has 8 atom stereocenters. The lowest BCUT2D eigenvalue weighted by molar-refractivity contribution is -0.217. The molecule has 0 amide bonds. The lowest BCUT2D eigenvalue weighted by Gasteiger charge is -2.47. The van der Waals surface area contributed by atoms with Crippen LogP contribution in [-0.2, 0) is 50.2 Å². The molecule has 3 saturated heterocycles. The zero-order chi connectivity index (χ0) is 33.0. The fourth-order valence-electron chi connectivity index (χ4n) is 5.97. The number of aliphatic hydroxyl groups is 1. The van der Waals surface area contributed by atoms with Crippen molar-refractivity contribution in [3.63, 3.8) is 0 Å². The van der Waals surface area contributed by atoms with Gasteiger partial charge in [-0.05, 0) is 36.2 Å². The van der Waals surface area contributed by atoms with Crippen molar-refractivity contribution in [2.24, 2.45) is 0 Å². The molecule has 5 rings (SSSR count). The number of ketones is 1. The third kappa shape index (κ3) is 8.81. The van der Waals surface area contributed by atoms with Crippen LogP contribution in [0, 0.1) is 0 Å². The van der Waals surface area contributed by atoms with Crippen molar-refractivity contribution in [3.8, 4) is 0 Å². The average Bonchev–Trinajstić information content (AvgIpc) is 3.11. The summed E-state index contributed by atoms with van der Waals surface area (Å²) in [6.45, 7) is 14.4. The van der Waals surface area contributed by atoms with Crippen molar-refractivity contribution >= 4 is 24.1 Å². The van der Waals surface area contributed by atoms with Gasteiger partial charge in [0.1, 0.15) is 23.9 Å². The largest absolute Gasteiger partial charge is 0.433 e. The first-order valence-corrected chi connectivity index (χ1v) is 20.1. The summed E-state index contributed by atoms with van der Waals surface area (Å²) in [5.74, 6) is -0.364. The monoisotopic (exact) mass is 670 g/mol. The summed E-state index contributed by atoms with van der Waals surface area (Å²) in [6, 6.07) is 20.1. The minimum absolute atomic E-state index is 0.0450. The van der Waals surface area contributed by atoms with Crippen molar-refractivity contribution in [3.05, 3.63) is 71.8 Å². The second-order valence-corrected chi connectivity index (χ2v) is 19.9. The Labute approximate surface area is 277 Å². The van der Waals surface area contributed by atoms with E-state index in [-0.39, 0.29) is 52.5 Å². The van der Waals surface area contributed by atoms with Crippen molar-refractivity contribution < 1.29 is 42.1 Å². The van der Waals surface area contributed by atoms with Gasteiger partial charge in [0.05, 0.1) is 50.8 Å². The van der Waals surface area contributed by atoms with Gasteiger partial charge in [0, 0.05) is 19.3 Å². The summed E-state index contributed by atoms with van der Waals surface area (Å²) < 4.78 is 44.6. The van der Waals surface area contributed by atoms with Gasteiger partial charge in [-0.2, -0.15) is 0 Å². The van der Waals surface area contributed by atoms with Crippen LogP contribution in [0.4, 0.5) is 0 Å². The van der Waals surface area contributed by atoms with Gasteiger partial charge in [-0.3, -0.25) is 4.79 Å². The summed E-state index contributed by atoms with van der Waals surface area (Å²) in [6.07, 6.45) is -3.15. The molecule has 0 aromatic heterocycles. The van der Waals surface area contributed by atoms with Crippen LogP contribution in [0.25, 0.3) is 0 Å². The van der Waals surface area contributed by atoms with Crippen molar-refractivity contribution in [2.75, 3.05) is 13.2 Å². The van der Waals surface area contributed by atoms with Gasteiger partial charge in [-0.25, -0.2) is 0 Å². The van der Waals surface area contributed by atoms with Gasteiger partial charge in [-0.15, -0.1) is 0 Å². The van der Waals surface area contributed by atoms with E-state index in [1.807, 2.05) is 67.6 Å². The normalized spacial score (nSPS) is 32.5. The molecular formula is C35H50O9Si2. The van der Waals surface area contributed by atoms with E-state index in [1.165, 1.54) is 0 Å². The number of fused-ring (bicyclic) bond motifs is 1. The van der Waals surface area contributed by atoms with Gasteiger partial charge < -0.3 is 37.3 Å². The lowest BCUT2D eigenvalue weighted by Crippen LogP contribution is -2.57. The Morgan fingerprint density at radius 3 is 2.26 bits per heavy atom. The molecule has 0 spiro atoms. The van der Waals surface area contributed by atoms with Crippen LogP contribution in [0.1, 0.15) is 58.1 Å². The number of aliphatic hydroxyl groups excluding tert-OH is 1. The smallest absolute Gasteiger partial charge is 0.411 e. The number of hydrogen-bond donors (Lipinski definition) is 1. The number of carbonyl (C=O) groups excluding carboxylic acids is 1. The molecule has 2 aromatic carbocycles. The molecule has 3 aliphatic rings. The quantitative estimate of drug-likeness (QED) is 0.325. The minimum atomic E-state index is -2.27. The Morgan fingerprint density at radius 2 is 1.61 bits per heavy atom. The summed E-state index contributed by atoms with van der Waals surface area (Å²) >= 11 is 0. The van der Waals surface area contributed by atoms with Gasteiger partial charge in [0.2, 0.25) is 0 Å². The predicted molar refractivity (Wildman–Crippen MR) is 177 cm³/mol. The first kappa shape index (κ1) is 35.5. The molecule has 0 unspecified atom stereocenters. The average molecular weight is 671 g/mol. The molecule has 0 saturated carbocycles. The summed E-state index contributed by atoms with van der Waals surface area (Å²) in [4.78, 5) is 13.6. The van der Waals surface area contributed by atoms with Gasteiger partial charge in [0.15, 0.2) is 14.1 Å². The molecular weight excluding hydrogens is 621 g/mol. The van der Waals surface area contributed by atoms with Crippen molar-refractivity contribution in [1.82, 2.24) is 0 Å². The second-order valence-electron chi connectivity index (χ2n) is 14.5. The van der Waals surface area contributed by atoms with Crippen LogP contribution >= 0.6 is 0 Å². The Morgan fingerprint density at radius 1 is 0.957 bits per heavy atom. The van der Waals surface area contributed by atoms with Gasteiger partial charge in [0.25, 0.3) is 0 Å². The standard InChI is InChI=1S/C35H50O9Si2/c1-34(2,3)46(5,6)44-29-18-27(39-21-25-15-11-8-12-16-25)31(22-38-20-24-13-9-7-10-14-24)41-28(29)19-30-33(37)26(36)17-32-35(4,42-30)23-40-45-43-32/h7-16,26-32,36H,17-23H2,1-6H3/t26-,27-,28-,29+,30+,31+,32+,35-/m0/s1. The number of Topliss-reactive ketones (excluding diaryl/α,β-unsaturated/α-hetero) is 1. The van der Waals surface area contributed by atoms with E-state index in [9.17, 15) is 9.90 Å². The summed E-state index contributed by atoms with van der Waals surface area (Å²) in [5, 5.41) is 10.9. The topological polar surface area (TPSA) is 102 Å². The van der Waals surface area contributed by atoms with E-state index in [1.54, 1.807) is 0 Å². The van der Waals surface area contributed by atoms with Crippen LogP contribution in [0.2, 0.25) is 18.1 Å². The highest BCUT2D eigenvalue weighted by atomic mass is 28.4. The molecule has 1 N–H and O–H groups in total. The van der Waals surface area contributed by atoms with E-state index in [2.05, 4.69) is 33.9 Å². The summed E-state index contributed by atoms with van der Waals surface area (Å²) in [7, 11) is -2.42. The molecule has 3 fully saturated rings. The van der Waals surface area contributed by atoms with E-state index in [0.717, 1.165) is 11.1 Å². The fourth-order valence-corrected chi connectivity index (χ4v) is 8.20. The molecule has 0 aliphatic carbocycles. The number of ether oxygens (including phenoxy) is 4. The first-order chi connectivity index (χ1) is 21.8. The van der Waals surface area contributed by atoms with Crippen molar-refractivity contribution in [2.45, 2.75) is 127 Å². The zero-order valence-corrected chi connectivity index (χ0v) is 30.0. The van der Waals surface area contributed by atoms with Gasteiger partial charge in [-0.1, -0.05) is 81.4 Å². The molecule has 2 aromatic rings. The highest BCUT2D eigenvalue weighted by Gasteiger charge is 2.51. The third-order valence-corrected chi connectivity index (χ3v) is 15.0. The Balaban J connectivity index is 1.40. The summed E-state index contributed by atoms with van der Waals surface area (Å²) in [5.41, 5.74) is 1.28. The Bertz CT molecular complexity index is 1260. The molecule has 3 heterocycles. The molecule has 0 bridgehead atoms. The molecule has 3 aliphatic heterocycles. The zero-order valence-electron chi connectivity index (χ0n) is 28.0. The predicted octanol–water partition coefficient (Wildman–Crippen LogP) is 5.15. The van der Waals surface area contributed by atoms with Crippen LogP contribution in [0.5, 0.6) is 0 Å². The maximum absolute atomic E-state index is 13.6. The van der Waals surface area contributed by atoms with Crippen LogP contribution in [0.3, 0.4) is 0 Å². The Hall–Kier alpha value is -1.78. The highest BCUT2D eigenvalue weighted by molar-refractivity contribution is 6.74. The second kappa shape index (κ2) is 15.2. The van der Waals surface area contributed by atoms with Crippen LogP contribution in [0.15, 0.2) is 60.7 Å². The SMILES string of the molecule is CC(C)(C)[Si](C)(C)O[C@@H]1C[C@H](OCc2ccccc2)[C@@H](COCc2ccccc2)O[C@H]1C[C@H]1O[C@@]2(C)CO[Si]O[C@@H]2C[C@H](O)C1=O. The molecule has 252 valence electrons. The molecule has 9 nitrogen and oxygen atoms in total. The van der Waals surface area contributed by atoms with E-state index in [4.69, 9.17) is 32.2 Å². The third-order valence-electron chi connectivity index (χ3n) is 9.83. The minimum Gasteiger partial charge on any atom is -0.411 e. The lowest BCUT2D eigenvalue weighted by atomic mass is 9.92. The van der Waals surface area contributed by atoms with E-state index >= 15 is 0 Å². The molecule has 2 radical (unpaired) electrons. The number of carbonyl (C=O) groups is 1. The maximum atomic E-state index is 13.6. The van der Waals surface area contributed by atoms with Crippen LogP contribution < -0.4 is 0 Å².